The van der Waals surface area contributed by atoms with Crippen LogP contribution in [-0.2, 0) is 6.18 Å². The molecular weight excluding hydrogens is 330 g/mol. The minimum absolute atomic E-state index is 0.118. The van der Waals surface area contributed by atoms with Crippen molar-refractivity contribution in [3.63, 3.8) is 0 Å². The molecule has 0 aliphatic heterocycles. The van der Waals surface area contributed by atoms with E-state index >= 15 is 0 Å². The van der Waals surface area contributed by atoms with Crippen molar-refractivity contribution < 1.29 is 17.9 Å². The Morgan fingerprint density at radius 2 is 2.05 bits per heavy atom. The lowest BCUT2D eigenvalue weighted by Crippen LogP contribution is -2.10. The van der Waals surface area contributed by atoms with Crippen molar-refractivity contribution in [3.8, 4) is 17.6 Å². The van der Waals surface area contributed by atoms with Gasteiger partial charge in [-0.25, -0.2) is 0 Å². The van der Waals surface area contributed by atoms with Crippen LogP contribution in [-0.4, -0.2) is 16.4 Å². The van der Waals surface area contributed by atoms with Crippen LogP contribution in [0.25, 0.3) is 5.69 Å². The number of rotatable bonds is 3. The molecule has 2 rings (SSSR count). The molecule has 0 bridgehead atoms. The van der Waals surface area contributed by atoms with E-state index in [1.54, 1.807) is 6.07 Å². The minimum atomic E-state index is -4.67. The summed E-state index contributed by atoms with van der Waals surface area (Å²) in [6, 6.07) is 5.85. The molecule has 4 nitrogen and oxygen atoms in total. The molecular formula is C12H6Cl2F3N3O. The minimum Gasteiger partial charge on any atom is -0.462 e. The molecule has 110 valence electrons. The van der Waals surface area contributed by atoms with Gasteiger partial charge in [-0.2, -0.15) is 28.2 Å². The number of nitriles is 1. The number of nitrogens with zero attached hydrogens (tertiary/aromatic N) is 3. The van der Waals surface area contributed by atoms with Crippen LogP contribution < -0.4 is 4.74 Å². The van der Waals surface area contributed by atoms with Gasteiger partial charge in [-0.05, 0) is 18.2 Å². The monoisotopic (exact) mass is 335 g/mol. The number of aromatic nitrogens is 2. The Morgan fingerprint density at radius 3 is 2.67 bits per heavy atom. The Bertz CT molecular complexity index is 707. The van der Waals surface area contributed by atoms with E-state index in [2.05, 4.69) is 5.10 Å². The molecule has 0 spiro atoms. The quantitative estimate of drug-likeness (QED) is 0.848. The molecule has 0 aliphatic carbocycles. The van der Waals surface area contributed by atoms with Gasteiger partial charge in [-0.15, -0.1) is 0 Å². The van der Waals surface area contributed by atoms with Gasteiger partial charge in [-0.3, -0.25) is 0 Å². The second-order valence-corrected chi connectivity index (χ2v) is 4.66. The first kappa shape index (κ1) is 15.5. The summed E-state index contributed by atoms with van der Waals surface area (Å²) in [6.07, 6.45) is -4.07. The largest absolute Gasteiger partial charge is 0.462 e. The van der Waals surface area contributed by atoms with E-state index in [4.69, 9.17) is 33.2 Å². The van der Waals surface area contributed by atoms with E-state index in [1.807, 2.05) is 0 Å². The molecule has 1 aromatic heterocycles. The van der Waals surface area contributed by atoms with Crippen molar-refractivity contribution in [2.24, 2.45) is 0 Å². The Labute approximate surface area is 127 Å². The second kappa shape index (κ2) is 5.84. The Balaban J connectivity index is 2.61. The fourth-order valence-corrected chi connectivity index (χ4v) is 1.95. The van der Waals surface area contributed by atoms with Crippen LogP contribution in [0.3, 0.4) is 0 Å². The molecule has 0 amide bonds. The lowest BCUT2D eigenvalue weighted by molar-refractivity contribution is -0.138. The first-order valence-corrected chi connectivity index (χ1v) is 6.20. The third-order valence-electron chi connectivity index (χ3n) is 2.44. The summed E-state index contributed by atoms with van der Waals surface area (Å²) in [5, 5.41) is 12.5. The van der Waals surface area contributed by atoms with Crippen molar-refractivity contribution in [1.82, 2.24) is 9.78 Å². The average Bonchev–Trinajstić information content (AvgIpc) is 2.82. The molecule has 9 heteroatoms. The first-order valence-electron chi connectivity index (χ1n) is 5.45. The molecule has 0 radical (unpaired) electrons. The SMILES string of the molecule is N#CCOc1c(C(F)(F)F)cnn1-c1cc(Cl)ccc1Cl. The topological polar surface area (TPSA) is 50.8 Å². The van der Waals surface area contributed by atoms with E-state index < -0.39 is 24.2 Å². The van der Waals surface area contributed by atoms with E-state index in [1.165, 1.54) is 18.2 Å². The normalized spacial score (nSPS) is 11.2. The van der Waals surface area contributed by atoms with Gasteiger partial charge in [0.25, 0.3) is 0 Å². The van der Waals surface area contributed by atoms with Crippen molar-refractivity contribution in [2.45, 2.75) is 6.18 Å². The molecule has 0 atom stereocenters. The number of alkyl halides is 3. The molecule has 0 fully saturated rings. The molecule has 21 heavy (non-hydrogen) atoms. The predicted molar refractivity (Wildman–Crippen MR) is 69.7 cm³/mol. The number of hydrogen-bond donors (Lipinski definition) is 0. The zero-order valence-corrected chi connectivity index (χ0v) is 11.7. The Morgan fingerprint density at radius 1 is 1.33 bits per heavy atom. The third kappa shape index (κ3) is 3.23. The van der Waals surface area contributed by atoms with Gasteiger partial charge in [0, 0.05) is 5.02 Å². The fourth-order valence-electron chi connectivity index (χ4n) is 1.59. The van der Waals surface area contributed by atoms with Crippen LogP contribution in [0.5, 0.6) is 5.88 Å². The van der Waals surface area contributed by atoms with Gasteiger partial charge in [-0.1, -0.05) is 23.2 Å². The number of benzene rings is 1. The van der Waals surface area contributed by atoms with Crippen LogP contribution in [0.2, 0.25) is 10.0 Å². The summed E-state index contributed by atoms with van der Waals surface area (Å²) in [7, 11) is 0. The summed E-state index contributed by atoms with van der Waals surface area (Å²) in [5.41, 5.74) is -0.985. The highest BCUT2D eigenvalue weighted by molar-refractivity contribution is 6.34. The summed E-state index contributed by atoms with van der Waals surface area (Å²) in [6.45, 7) is -0.563. The number of halogens is 5. The highest BCUT2D eigenvalue weighted by Crippen LogP contribution is 2.38. The molecule has 0 N–H and O–H groups in total. The van der Waals surface area contributed by atoms with Gasteiger partial charge in [0.15, 0.2) is 6.61 Å². The number of hydrogen-bond acceptors (Lipinski definition) is 3. The van der Waals surface area contributed by atoms with Crippen LogP contribution in [0, 0.1) is 11.3 Å². The highest BCUT2D eigenvalue weighted by Gasteiger charge is 2.38. The first-order chi connectivity index (χ1) is 9.84. The van der Waals surface area contributed by atoms with E-state index in [0.29, 0.717) is 6.20 Å². The number of ether oxygens (including phenoxy) is 1. The van der Waals surface area contributed by atoms with Gasteiger partial charge in [0.1, 0.15) is 11.6 Å². The maximum Gasteiger partial charge on any atom is 0.423 e. The fraction of sp³-hybridized carbons (Fsp3) is 0.167. The van der Waals surface area contributed by atoms with E-state index in [0.717, 1.165) is 4.68 Å². The van der Waals surface area contributed by atoms with Crippen molar-refractivity contribution >= 4 is 23.2 Å². The van der Waals surface area contributed by atoms with Gasteiger partial charge in [0.05, 0.1) is 16.9 Å². The Kier molecular flexibility index (Phi) is 4.30. The Hall–Kier alpha value is -1.91. The molecule has 0 saturated carbocycles. The molecule has 2 aromatic rings. The standard InChI is InChI=1S/C12H6Cl2F3N3O/c13-7-1-2-9(14)10(5-7)20-11(21-4-3-18)8(6-19-20)12(15,16)17/h1-2,5-6H,4H2. The van der Waals surface area contributed by atoms with E-state index in [-0.39, 0.29) is 15.7 Å². The van der Waals surface area contributed by atoms with Crippen LogP contribution in [0.15, 0.2) is 24.4 Å². The highest BCUT2D eigenvalue weighted by atomic mass is 35.5. The third-order valence-corrected chi connectivity index (χ3v) is 2.99. The van der Waals surface area contributed by atoms with Crippen molar-refractivity contribution in [2.75, 3.05) is 6.61 Å². The summed E-state index contributed by atoms with van der Waals surface area (Å²) >= 11 is 11.7. The lowest BCUT2D eigenvalue weighted by atomic mass is 10.3. The predicted octanol–water partition coefficient (Wildman–Crippen LogP) is 4.10. The maximum atomic E-state index is 12.9. The second-order valence-electron chi connectivity index (χ2n) is 3.82. The van der Waals surface area contributed by atoms with Gasteiger partial charge < -0.3 is 4.74 Å². The molecule has 1 aromatic carbocycles. The van der Waals surface area contributed by atoms with Crippen LogP contribution in [0.1, 0.15) is 5.56 Å². The molecule has 1 heterocycles. The zero-order chi connectivity index (χ0) is 15.6. The van der Waals surface area contributed by atoms with E-state index in [9.17, 15) is 13.2 Å². The maximum absolute atomic E-state index is 12.9. The zero-order valence-electron chi connectivity index (χ0n) is 10.2. The van der Waals surface area contributed by atoms with Gasteiger partial charge >= 0.3 is 6.18 Å². The van der Waals surface area contributed by atoms with Crippen molar-refractivity contribution in [3.05, 3.63) is 40.0 Å². The average molecular weight is 336 g/mol. The van der Waals surface area contributed by atoms with Crippen LogP contribution >= 0.6 is 23.2 Å². The molecule has 0 aliphatic rings. The molecule has 0 saturated heterocycles. The van der Waals surface area contributed by atoms with Crippen molar-refractivity contribution in [1.29, 1.82) is 5.26 Å². The summed E-state index contributed by atoms with van der Waals surface area (Å²) < 4.78 is 44.4. The van der Waals surface area contributed by atoms with Crippen LogP contribution in [0.4, 0.5) is 13.2 Å². The summed E-state index contributed by atoms with van der Waals surface area (Å²) in [4.78, 5) is 0. The smallest absolute Gasteiger partial charge is 0.423 e. The summed E-state index contributed by atoms with van der Waals surface area (Å²) in [5.74, 6) is -0.617. The lowest BCUT2D eigenvalue weighted by Gasteiger charge is -2.12. The molecule has 0 unspecified atom stereocenters. The van der Waals surface area contributed by atoms with Gasteiger partial charge in [0.2, 0.25) is 5.88 Å².